The first-order chi connectivity index (χ1) is 15.0. The number of thiocarbonyl (C=S) groups is 2. The van der Waals surface area contributed by atoms with Crippen molar-refractivity contribution in [3.8, 4) is 0 Å². The maximum atomic E-state index is 5.41. The van der Waals surface area contributed by atoms with Gasteiger partial charge in [0.2, 0.25) is 0 Å². The molecule has 0 atom stereocenters. The summed E-state index contributed by atoms with van der Waals surface area (Å²) >= 11 is 21.7. The standard InChI is InChI=1S/C24H30N2S5/c1-3-5-13-25(23(27)28)15-17-9-7-11-19-20-12-8-10-18(22(20)31-21(17)19)16-26(24(29)30)14-6-4-2/h7-12H,3-6,13-16H2,1-2H3,(H,27,28)(H,29,30). The summed E-state index contributed by atoms with van der Waals surface area (Å²) in [5, 5.41) is 2.63. The van der Waals surface area contributed by atoms with E-state index in [9.17, 15) is 0 Å². The van der Waals surface area contributed by atoms with Crippen LogP contribution in [0.2, 0.25) is 0 Å². The van der Waals surface area contributed by atoms with E-state index in [0.29, 0.717) is 8.64 Å². The topological polar surface area (TPSA) is 6.48 Å². The highest BCUT2D eigenvalue weighted by molar-refractivity contribution is 8.11. The van der Waals surface area contributed by atoms with Crippen molar-refractivity contribution in [2.45, 2.75) is 52.6 Å². The molecule has 0 unspecified atom stereocenters. The second-order valence-corrected chi connectivity index (χ2v) is 11.1. The Morgan fingerprint density at radius 3 is 1.55 bits per heavy atom. The first-order valence-corrected chi connectivity index (χ1v) is 13.4. The van der Waals surface area contributed by atoms with Gasteiger partial charge in [-0.25, -0.2) is 0 Å². The summed E-state index contributed by atoms with van der Waals surface area (Å²) in [5.41, 5.74) is 2.62. The van der Waals surface area contributed by atoms with Gasteiger partial charge >= 0.3 is 0 Å². The maximum Gasteiger partial charge on any atom is 0.133 e. The SMILES string of the molecule is CCCCN(Cc1cccc2c1sc1c(CN(CCCC)C(=S)S)cccc12)C(=S)S. The van der Waals surface area contributed by atoms with E-state index in [1.807, 2.05) is 11.3 Å². The number of rotatable bonds is 10. The molecule has 0 aliphatic rings. The molecule has 2 nitrogen and oxygen atoms in total. The summed E-state index contributed by atoms with van der Waals surface area (Å²) in [7, 11) is 0. The fourth-order valence-electron chi connectivity index (χ4n) is 3.78. The minimum Gasteiger partial charge on any atom is -0.353 e. The minimum absolute atomic E-state index is 0.668. The largest absolute Gasteiger partial charge is 0.353 e. The van der Waals surface area contributed by atoms with Crippen molar-refractivity contribution in [2.24, 2.45) is 0 Å². The van der Waals surface area contributed by atoms with Crippen LogP contribution >= 0.6 is 61.0 Å². The van der Waals surface area contributed by atoms with Gasteiger partial charge in [-0.05, 0) is 24.0 Å². The lowest BCUT2D eigenvalue weighted by molar-refractivity contribution is 0.417. The molecule has 0 fully saturated rings. The average Bonchev–Trinajstić information content (AvgIpc) is 3.14. The van der Waals surface area contributed by atoms with Crippen molar-refractivity contribution in [3.05, 3.63) is 47.5 Å². The zero-order valence-electron chi connectivity index (χ0n) is 18.1. The molecule has 0 aliphatic heterocycles. The van der Waals surface area contributed by atoms with E-state index in [1.165, 1.54) is 31.3 Å². The Bertz CT molecular complexity index is 976. The van der Waals surface area contributed by atoms with Crippen LogP contribution < -0.4 is 0 Å². The molecule has 2 aromatic carbocycles. The first kappa shape index (κ1) is 24.8. The van der Waals surface area contributed by atoms with Crippen molar-refractivity contribution in [2.75, 3.05) is 13.1 Å². The lowest BCUT2D eigenvalue weighted by atomic mass is 10.1. The third kappa shape index (κ3) is 6.14. The second kappa shape index (κ2) is 11.8. The Labute approximate surface area is 211 Å². The van der Waals surface area contributed by atoms with Crippen LogP contribution in [0, 0.1) is 0 Å². The summed E-state index contributed by atoms with van der Waals surface area (Å²) in [5.74, 6) is 0. The molecule has 1 heterocycles. The Morgan fingerprint density at radius 1 is 0.774 bits per heavy atom. The van der Waals surface area contributed by atoms with Crippen molar-refractivity contribution >= 4 is 89.8 Å². The summed E-state index contributed by atoms with van der Waals surface area (Å²) in [6.45, 7) is 7.88. The molecular formula is C24H30N2S5. The Hall–Kier alpha value is -0.860. The van der Waals surface area contributed by atoms with Crippen LogP contribution in [-0.2, 0) is 13.1 Å². The molecule has 3 rings (SSSR count). The molecule has 0 N–H and O–H groups in total. The van der Waals surface area contributed by atoms with Crippen LogP contribution in [0.3, 0.4) is 0 Å². The number of unbranched alkanes of at least 4 members (excludes halogenated alkanes) is 2. The molecule has 31 heavy (non-hydrogen) atoms. The van der Waals surface area contributed by atoms with Gasteiger partial charge in [0.1, 0.15) is 8.64 Å². The fraction of sp³-hybridized carbons (Fsp3) is 0.417. The van der Waals surface area contributed by atoms with E-state index in [1.54, 1.807) is 0 Å². The molecule has 166 valence electrons. The van der Waals surface area contributed by atoms with Gasteiger partial charge in [-0.3, -0.25) is 0 Å². The summed E-state index contributed by atoms with van der Waals surface area (Å²) < 4.78 is 4.01. The molecule has 7 heteroatoms. The zero-order valence-corrected chi connectivity index (χ0v) is 22.4. The number of thiol groups is 2. The number of hydrogen-bond acceptors (Lipinski definition) is 3. The second-order valence-electron chi connectivity index (χ2n) is 7.81. The van der Waals surface area contributed by atoms with Crippen LogP contribution in [0.5, 0.6) is 0 Å². The van der Waals surface area contributed by atoms with Crippen LogP contribution in [0.4, 0.5) is 0 Å². The summed E-state index contributed by atoms with van der Waals surface area (Å²) in [6.07, 6.45) is 4.52. The number of benzene rings is 2. The van der Waals surface area contributed by atoms with E-state index in [0.717, 1.165) is 51.9 Å². The zero-order chi connectivity index (χ0) is 22.4. The van der Waals surface area contributed by atoms with Gasteiger partial charge in [0.25, 0.3) is 0 Å². The van der Waals surface area contributed by atoms with Gasteiger partial charge in [0, 0.05) is 46.4 Å². The van der Waals surface area contributed by atoms with Crippen molar-refractivity contribution < 1.29 is 0 Å². The van der Waals surface area contributed by atoms with Gasteiger partial charge < -0.3 is 9.80 Å². The third-order valence-electron chi connectivity index (χ3n) is 5.51. The molecule has 0 bridgehead atoms. The average molecular weight is 507 g/mol. The van der Waals surface area contributed by atoms with Gasteiger partial charge in [-0.2, -0.15) is 0 Å². The van der Waals surface area contributed by atoms with Gasteiger partial charge in [0.15, 0.2) is 0 Å². The fourth-order valence-corrected chi connectivity index (χ4v) is 5.74. The number of fused-ring (bicyclic) bond motifs is 3. The normalized spacial score (nSPS) is 11.2. The number of hydrogen-bond donors (Lipinski definition) is 2. The van der Waals surface area contributed by atoms with Crippen LogP contribution in [0.25, 0.3) is 20.2 Å². The molecule has 0 radical (unpaired) electrons. The smallest absolute Gasteiger partial charge is 0.133 e. The third-order valence-corrected chi connectivity index (χ3v) is 7.97. The summed E-state index contributed by atoms with van der Waals surface area (Å²) in [4.78, 5) is 4.40. The molecule has 3 aromatic rings. The number of thiophene rings is 1. The monoisotopic (exact) mass is 506 g/mol. The molecule has 0 saturated heterocycles. The van der Waals surface area contributed by atoms with E-state index >= 15 is 0 Å². The van der Waals surface area contributed by atoms with Gasteiger partial charge in [-0.1, -0.05) is 87.5 Å². The van der Waals surface area contributed by atoms with Crippen molar-refractivity contribution in [3.63, 3.8) is 0 Å². The molecule has 0 spiro atoms. The highest BCUT2D eigenvalue weighted by atomic mass is 32.1. The van der Waals surface area contributed by atoms with Crippen molar-refractivity contribution in [1.29, 1.82) is 0 Å². The Kier molecular flexibility index (Phi) is 9.47. The first-order valence-electron chi connectivity index (χ1n) is 10.8. The Morgan fingerprint density at radius 2 is 1.19 bits per heavy atom. The maximum absolute atomic E-state index is 5.41. The van der Waals surface area contributed by atoms with Gasteiger partial charge in [-0.15, -0.1) is 36.6 Å². The highest BCUT2D eigenvalue weighted by Crippen LogP contribution is 2.38. The van der Waals surface area contributed by atoms with E-state index in [4.69, 9.17) is 24.4 Å². The van der Waals surface area contributed by atoms with E-state index in [-0.39, 0.29) is 0 Å². The predicted octanol–water partition coefficient (Wildman–Crippen LogP) is 7.69. The quantitative estimate of drug-likeness (QED) is 0.215. The molecular weight excluding hydrogens is 477 g/mol. The van der Waals surface area contributed by atoms with Crippen LogP contribution in [0.15, 0.2) is 36.4 Å². The van der Waals surface area contributed by atoms with E-state index in [2.05, 4.69) is 85.3 Å². The van der Waals surface area contributed by atoms with Crippen molar-refractivity contribution in [1.82, 2.24) is 9.80 Å². The molecule has 1 aromatic heterocycles. The highest BCUT2D eigenvalue weighted by Gasteiger charge is 2.16. The van der Waals surface area contributed by atoms with E-state index < -0.39 is 0 Å². The minimum atomic E-state index is 0.668. The Balaban J connectivity index is 2.00. The molecule has 0 amide bonds. The lowest BCUT2D eigenvalue weighted by Crippen LogP contribution is -2.26. The summed E-state index contributed by atoms with van der Waals surface area (Å²) in [6, 6.07) is 13.2. The van der Waals surface area contributed by atoms with Crippen LogP contribution in [0.1, 0.15) is 50.7 Å². The lowest BCUT2D eigenvalue weighted by Gasteiger charge is -2.23. The van der Waals surface area contributed by atoms with Gasteiger partial charge in [0.05, 0.1) is 0 Å². The molecule has 0 aliphatic carbocycles. The molecule has 0 saturated carbocycles. The van der Waals surface area contributed by atoms with Crippen LogP contribution in [-0.4, -0.2) is 31.5 Å². The number of nitrogens with zero attached hydrogens (tertiary/aromatic N) is 2. The predicted molar refractivity (Wildman–Crippen MR) is 153 cm³/mol.